The van der Waals surface area contributed by atoms with Crippen LogP contribution < -0.4 is 0 Å². The van der Waals surface area contributed by atoms with Gasteiger partial charge in [0.25, 0.3) is 0 Å². The van der Waals surface area contributed by atoms with Gasteiger partial charge >= 0.3 is 0 Å². The summed E-state index contributed by atoms with van der Waals surface area (Å²) in [5, 5.41) is 8.80. The Morgan fingerprint density at radius 2 is 1.13 bits per heavy atom. The maximum Gasteiger partial charge on any atom is 0.167 e. The smallest absolute Gasteiger partial charge is 0.167 e. The van der Waals surface area contributed by atoms with E-state index in [0.29, 0.717) is 17.5 Å². The second-order valence-corrected chi connectivity index (χ2v) is 13.1. The first-order valence-corrected chi connectivity index (χ1v) is 17.3. The summed E-state index contributed by atoms with van der Waals surface area (Å²) in [4.78, 5) is 20.2. The average molecular weight is 666 g/mol. The van der Waals surface area contributed by atoms with Gasteiger partial charge < -0.3 is 4.42 Å². The maximum absolute atomic E-state index is 6.79. The monoisotopic (exact) mass is 665 g/mol. The van der Waals surface area contributed by atoms with E-state index in [2.05, 4.69) is 150 Å². The van der Waals surface area contributed by atoms with Crippen molar-refractivity contribution in [3.8, 4) is 39.9 Å². The molecule has 0 saturated carbocycles. The molecule has 0 aliphatic rings. The molecule has 6 heteroatoms. The van der Waals surface area contributed by atoms with Crippen LogP contribution in [0.15, 0.2) is 168 Å². The fourth-order valence-electron chi connectivity index (χ4n) is 7.65. The second kappa shape index (κ2) is 11.2. The minimum atomic E-state index is 0.553. The molecule has 0 aliphatic heterocycles. The van der Waals surface area contributed by atoms with Gasteiger partial charge in [0.2, 0.25) is 0 Å². The minimum Gasteiger partial charge on any atom is -0.455 e. The molecule has 11 aromatic rings. The van der Waals surface area contributed by atoms with Crippen LogP contribution in [0, 0.1) is 0 Å². The Balaban J connectivity index is 1.13. The van der Waals surface area contributed by atoms with E-state index >= 15 is 0 Å². The highest BCUT2D eigenvalue weighted by atomic mass is 16.3. The molecule has 0 unspecified atom stereocenters. The fourth-order valence-corrected chi connectivity index (χ4v) is 7.65. The van der Waals surface area contributed by atoms with E-state index in [1.54, 1.807) is 0 Å². The van der Waals surface area contributed by atoms with Crippen molar-refractivity contribution in [2.75, 3.05) is 0 Å². The molecule has 0 bridgehead atoms. The van der Waals surface area contributed by atoms with Crippen LogP contribution in [0.5, 0.6) is 0 Å². The quantitative estimate of drug-likeness (QED) is 0.187. The molecule has 6 nitrogen and oxygen atoms in total. The predicted molar refractivity (Wildman–Crippen MR) is 211 cm³/mol. The van der Waals surface area contributed by atoms with Gasteiger partial charge in [-0.1, -0.05) is 109 Å². The molecular formula is C46H27N5O. The highest BCUT2D eigenvalue weighted by molar-refractivity contribution is 6.11. The Labute approximate surface area is 297 Å². The molecule has 7 aromatic carbocycles. The topological polar surface area (TPSA) is 69.6 Å². The minimum absolute atomic E-state index is 0.553. The molecule has 0 N–H and O–H groups in total. The average Bonchev–Trinajstić information content (AvgIpc) is 3.76. The number of furan rings is 1. The van der Waals surface area contributed by atoms with E-state index in [1.807, 2.05) is 18.3 Å². The van der Waals surface area contributed by atoms with Crippen LogP contribution in [0.3, 0.4) is 0 Å². The van der Waals surface area contributed by atoms with Crippen molar-refractivity contribution in [1.82, 2.24) is 24.5 Å². The van der Waals surface area contributed by atoms with Crippen molar-refractivity contribution in [2.24, 2.45) is 0 Å². The van der Waals surface area contributed by atoms with Crippen LogP contribution in [0.2, 0.25) is 0 Å². The van der Waals surface area contributed by atoms with Crippen molar-refractivity contribution < 1.29 is 4.42 Å². The Kier molecular flexibility index (Phi) is 6.15. The molecule has 0 saturated heterocycles. The highest BCUT2D eigenvalue weighted by Gasteiger charge is 2.20. The Morgan fingerprint density at radius 3 is 2.06 bits per heavy atom. The Morgan fingerprint density at radius 1 is 0.442 bits per heavy atom. The van der Waals surface area contributed by atoms with Crippen LogP contribution in [-0.2, 0) is 0 Å². The zero-order valence-corrected chi connectivity index (χ0v) is 27.7. The SMILES string of the molecule is c1ccc2cc(-c3nc(-c4cccc5ccccc45)nc(-c4cccc5c4oc4cc(-n6c7ccccc7c7cccnc76)ccc45)n3)ccc2c1. The lowest BCUT2D eigenvalue weighted by atomic mass is 10.0. The van der Waals surface area contributed by atoms with E-state index in [4.69, 9.17) is 24.4 Å². The normalized spacial score (nSPS) is 11.8. The van der Waals surface area contributed by atoms with Crippen LogP contribution in [0.1, 0.15) is 0 Å². The van der Waals surface area contributed by atoms with Gasteiger partial charge in [0.15, 0.2) is 17.5 Å². The largest absolute Gasteiger partial charge is 0.455 e. The lowest BCUT2D eigenvalue weighted by Crippen LogP contribution is -2.00. The van der Waals surface area contributed by atoms with Crippen molar-refractivity contribution in [2.45, 2.75) is 0 Å². The standard InChI is InChI=1S/C46H27N5O/c1-2-12-30-26-31(22-21-28(30)10-1)43-48-44(37-17-7-13-29-11-3-4-14-33(29)37)50-45(49-43)39-18-8-16-36-35-24-23-32(27-41(35)52-42(36)39)51-40-20-6-5-15-34(40)38-19-9-25-47-46(38)51/h1-27H. The molecule has 0 fully saturated rings. The zero-order valence-electron chi connectivity index (χ0n) is 27.7. The molecule has 0 atom stereocenters. The van der Waals surface area contributed by atoms with E-state index in [0.717, 1.165) is 87.8 Å². The highest BCUT2D eigenvalue weighted by Crippen LogP contribution is 2.39. The first-order valence-electron chi connectivity index (χ1n) is 17.3. The van der Waals surface area contributed by atoms with Gasteiger partial charge in [0.05, 0.1) is 16.8 Å². The van der Waals surface area contributed by atoms with Crippen molar-refractivity contribution in [3.63, 3.8) is 0 Å². The summed E-state index contributed by atoms with van der Waals surface area (Å²) < 4.78 is 8.99. The third-order valence-electron chi connectivity index (χ3n) is 10.1. The molecule has 52 heavy (non-hydrogen) atoms. The molecule has 242 valence electrons. The number of benzene rings is 7. The van der Waals surface area contributed by atoms with Crippen molar-refractivity contribution in [1.29, 1.82) is 0 Å². The summed E-state index contributed by atoms with van der Waals surface area (Å²) in [5.74, 6) is 1.77. The van der Waals surface area contributed by atoms with E-state index < -0.39 is 0 Å². The summed E-state index contributed by atoms with van der Waals surface area (Å²) in [7, 11) is 0. The summed E-state index contributed by atoms with van der Waals surface area (Å²) in [6.45, 7) is 0. The van der Waals surface area contributed by atoms with Gasteiger partial charge in [-0.05, 0) is 64.0 Å². The van der Waals surface area contributed by atoms with Crippen LogP contribution in [0.4, 0.5) is 0 Å². The van der Waals surface area contributed by atoms with E-state index in [1.165, 1.54) is 0 Å². The third kappa shape index (κ3) is 4.38. The summed E-state index contributed by atoms with van der Waals surface area (Å²) in [6, 6.07) is 54.4. The summed E-state index contributed by atoms with van der Waals surface area (Å²) >= 11 is 0. The molecule has 11 rings (SSSR count). The number of fused-ring (bicyclic) bond motifs is 8. The van der Waals surface area contributed by atoms with Gasteiger partial charge in [0.1, 0.15) is 16.8 Å². The van der Waals surface area contributed by atoms with Gasteiger partial charge in [-0.15, -0.1) is 0 Å². The lowest BCUT2D eigenvalue weighted by Gasteiger charge is -2.11. The molecule has 0 aliphatic carbocycles. The number of para-hydroxylation sites is 2. The second-order valence-electron chi connectivity index (χ2n) is 13.1. The number of rotatable bonds is 4. The maximum atomic E-state index is 6.79. The number of nitrogens with zero attached hydrogens (tertiary/aromatic N) is 5. The number of pyridine rings is 1. The predicted octanol–water partition coefficient (Wildman–Crippen LogP) is 11.6. The number of hydrogen-bond donors (Lipinski definition) is 0. The van der Waals surface area contributed by atoms with Crippen LogP contribution >= 0.6 is 0 Å². The third-order valence-corrected chi connectivity index (χ3v) is 10.1. The lowest BCUT2D eigenvalue weighted by molar-refractivity contribution is 0.669. The molecule has 0 radical (unpaired) electrons. The summed E-state index contributed by atoms with van der Waals surface area (Å²) in [6.07, 6.45) is 1.84. The molecule has 0 amide bonds. The first-order chi connectivity index (χ1) is 25.8. The first kappa shape index (κ1) is 28.6. The number of hydrogen-bond acceptors (Lipinski definition) is 5. The zero-order chi connectivity index (χ0) is 34.2. The van der Waals surface area contributed by atoms with Gasteiger partial charge in [-0.25, -0.2) is 19.9 Å². The Hall–Kier alpha value is -7.18. The van der Waals surface area contributed by atoms with Crippen LogP contribution in [0.25, 0.3) is 105 Å². The summed E-state index contributed by atoms with van der Waals surface area (Å²) in [5.41, 5.74) is 7.17. The number of aromatic nitrogens is 5. The fraction of sp³-hybridized carbons (Fsp3) is 0. The molecule has 0 spiro atoms. The van der Waals surface area contributed by atoms with Gasteiger partial charge in [-0.2, -0.15) is 0 Å². The molecular weight excluding hydrogens is 639 g/mol. The van der Waals surface area contributed by atoms with Gasteiger partial charge in [-0.3, -0.25) is 4.57 Å². The van der Waals surface area contributed by atoms with E-state index in [9.17, 15) is 0 Å². The molecule has 4 heterocycles. The van der Waals surface area contributed by atoms with Crippen molar-refractivity contribution in [3.05, 3.63) is 164 Å². The van der Waals surface area contributed by atoms with Crippen molar-refractivity contribution >= 4 is 65.4 Å². The van der Waals surface area contributed by atoms with Gasteiger partial charge in [0, 0.05) is 44.9 Å². The molecule has 4 aromatic heterocycles. The Bertz CT molecular complexity index is 3150. The van der Waals surface area contributed by atoms with E-state index in [-0.39, 0.29) is 0 Å². The van der Waals surface area contributed by atoms with Crippen LogP contribution in [-0.4, -0.2) is 24.5 Å².